The van der Waals surface area contributed by atoms with Gasteiger partial charge in [0.15, 0.2) is 0 Å². The summed E-state index contributed by atoms with van der Waals surface area (Å²) in [6, 6.07) is 8.26. The molecule has 0 saturated carbocycles. The second kappa shape index (κ2) is 6.78. The van der Waals surface area contributed by atoms with Crippen molar-refractivity contribution in [2.75, 3.05) is 13.2 Å². The summed E-state index contributed by atoms with van der Waals surface area (Å²) in [6.07, 6.45) is 0. The molecule has 6 heteroatoms. The van der Waals surface area contributed by atoms with Crippen LogP contribution >= 0.6 is 0 Å². The number of carbonyl (C=O) groups excluding carboxylic acids is 1. The van der Waals surface area contributed by atoms with E-state index in [1.807, 2.05) is 6.07 Å². The third-order valence-corrected chi connectivity index (χ3v) is 2.96. The first-order chi connectivity index (χ1) is 8.17. The van der Waals surface area contributed by atoms with Gasteiger partial charge in [-0.2, -0.15) is 5.26 Å². The third kappa shape index (κ3) is 4.34. The molecule has 0 fully saturated rings. The van der Waals surface area contributed by atoms with Gasteiger partial charge >= 0.3 is 5.97 Å². The SMILES string of the molecule is CCOC(=O)CNS(=O)c1ccc(C#N)cc1. The minimum Gasteiger partial charge on any atom is -0.465 e. The van der Waals surface area contributed by atoms with Crippen LogP contribution in [0.3, 0.4) is 0 Å². The van der Waals surface area contributed by atoms with Gasteiger partial charge in [-0.05, 0) is 31.2 Å². The van der Waals surface area contributed by atoms with Crippen molar-refractivity contribution < 1.29 is 13.7 Å². The van der Waals surface area contributed by atoms with Gasteiger partial charge < -0.3 is 4.74 Å². The van der Waals surface area contributed by atoms with Crippen molar-refractivity contribution in [1.82, 2.24) is 4.72 Å². The lowest BCUT2D eigenvalue weighted by Crippen LogP contribution is -2.26. The Bertz CT molecular complexity index is 451. The molecular formula is C11H12N2O3S. The monoisotopic (exact) mass is 252 g/mol. The summed E-state index contributed by atoms with van der Waals surface area (Å²) < 4.78 is 18.9. The van der Waals surface area contributed by atoms with E-state index in [0.29, 0.717) is 17.1 Å². The second-order valence-electron chi connectivity index (χ2n) is 3.03. The summed E-state index contributed by atoms with van der Waals surface area (Å²) in [4.78, 5) is 11.5. The van der Waals surface area contributed by atoms with Crippen LogP contribution in [0.1, 0.15) is 12.5 Å². The van der Waals surface area contributed by atoms with Gasteiger partial charge in [0.05, 0.1) is 23.1 Å². The van der Waals surface area contributed by atoms with Crippen LogP contribution in [0, 0.1) is 11.3 Å². The fraction of sp³-hybridized carbons (Fsp3) is 0.273. The van der Waals surface area contributed by atoms with Gasteiger partial charge in [0.25, 0.3) is 0 Å². The summed E-state index contributed by atoms with van der Waals surface area (Å²) in [5, 5.41) is 8.60. The van der Waals surface area contributed by atoms with Gasteiger partial charge in [-0.1, -0.05) is 0 Å². The molecule has 90 valence electrons. The van der Waals surface area contributed by atoms with Crippen molar-refractivity contribution in [3.8, 4) is 6.07 Å². The highest BCUT2D eigenvalue weighted by Gasteiger charge is 2.07. The molecule has 0 spiro atoms. The fourth-order valence-corrected chi connectivity index (χ4v) is 1.87. The van der Waals surface area contributed by atoms with E-state index >= 15 is 0 Å². The van der Waals surface area contributed by atoms with E-state index < -0.39 is 17.0 Å². The molecule has 0 aromatic heterocycles. The maximum absolute atomic E-state index is 11.7. The van der Waals surface area contributed by atoms with E-state index in [-0.39, 0.29) is 6.54 Å². The van der Waals surface area contributed by atoms with Crippen LogP contribution < -0.4 is 4.72 Å². The largest absolute Gasteiger partial charge is 0.465 e. The van der Waals surface area contributed by atoms with Gasteiger partial charge in [-0.25, -0.2) is 8.93 Å². The quantitative estimate of drug-likeness (QED) is 0.784. The van der Waals surface area contributed by atoms with Crippen molar-refractivity contribution in [3.05, 3.63) is 29.8 Å². The Balaban J connectivity index is 2.52. The lowest BCUT2D eigenvalue weighted by atomic mass is 10.2. The van der Waals surface area contributed by atoms with E-state index in [2.05, 4.69) is 9.46 Å². The number of nitrogens with zero attached hydrogens (tertiary/aromatic N) is 1. The first-order valence-corrected chi connectivity index (χ1v) is 6.13. The molecule has 0 aliphatic rings. The first kappa shape index (κ1) is 13.4. The summed E-state index contributed by atoms with van der Waals surface area (Å²) in [5.74, 6) is -0.450. The zero-order chi connectivity index (χ0) is 12.7. The van der Waals surface area contributed by atoms with Gasteiger partial charge in [-0.3, -0.25) is 4.79 Å². The van der Waals surface area contributed by atoms with Crippen molar-refractivity contribution in [3.63, 3.8) is 0 Å². The number of benzene rings is 1. The molecule has 1 aromatic carbocycles. The van der Waals surface area contributed by atoms with Crippen LogP contribution in [-0.4, -0.2) is 23.3 Å². The summed E-state index contributed by atoms with van der Waals surface area (Å²) in [6.45, 7) is 1.89. The molecule has 5 nitrogen and oxygen atoms in total. The first-order valence-electron chi connectivity index (χ1n) is 4.98. The molecule has 0 bridgehead atoms. The van der Waals surface area contributed by atoms with Gasteiger partial charge in [0.1, 0.15) is 17.5 Å². The Labute approximate surface area is 102 Å². The van der Waals surface area contributed by atoms with Crippen LogP contribution in [0.4, 0.5) is 0 Å². The summed E-state index contributed by atoms with van der Waals surface area (Å²) >= 11 is 0. The van der Waals surface area contributed by atoms with Crippen LogP contribution in [0.2, 0.25) is 0 Å². The average molecular weight is 252 g/mol. The molecule has 0 saturated heterocycles. The smallest absolute Gasteiger partial charge is 0.320 e. The topological polar surface area (TPSA) is 79.2 Å². The zero-order valence-electron chi connectivity index (χ0n) is 9.30. The van der Waals surface area contributed by atoms with Crippen molar-refractivity contribution in [2.45, 2.75) is 11.8 Å². The number of carbonyl (C=O) groups is 1. The lowest BCUT2D eigenvalue weighted by Gasteiger charge is -2.04. The molecule has 0 amide bonds. The number of esters is 1. The molecule has 17 heavy (non-hydrogen) atoms. The molecule has 1 aromatic rings. The molecule has 0 aliphatic carbocycles. The van der Waals surface area contributed by atoms with E-state index in [0.717, 1.165) is 0 Å². The molecule has 0 aliphatic heterocycles. The van der Waals surface area contributed by atoms with E-state index in [9.17, 15) is 9.00 Å². The standard InChI is InChI=1S/C11H12N2O3S/c1-2-16-11(14)8-13-17(15)10-5-3-9(7-12)4-6-10/h3-6,13H,2,8H2,1H3. The predicted octanol–water partition coefficient (Wildman–Crippen LogP) is 0.734. The molecule has 1 rings (SSSR count). The Kier molecular flexibility index (Phi) is 5.33. The maximum Gasteiger partial charge on any atom is 0.320 e. The van der Waals surface area contributed by atoms with Crippen molar-refractivity contribution >= 4 is 17.0 Å². The van der Waals surface area contributed by atoms with E-state index in [1.54, 1.807) is 31.2 Å². The fourth-order valence-electron chi connectivity index (χ4n) is 1.07. The van der Waals surface area contributed by atoms with Gasteiger partial charge in [-0.15, -0.1) is 0 Å². The number of rotatable bonds is 5. The number of nitriles is 1. The number of hydrogen-bond acceptors (Lipinski definition) is 4. The van der Waals surface area contributed by atoms with E-state index in [1.165, 1.54) is 0 Å². The van der Waals surface area contributed by atoms with Crippen molar-refractivity contribution in [1.29, 1.82) is 5.26 Å². The lowest BCUT2D eigenvalue weighted by molar-refractivity contribution is -0.141. The molecule has 1 atom stereocenters. The Morgan fingerprint density at radius 3 is 2.65 bits per heavy atom. The predicted molar refractivity (Wildman–Crippen MR) is 62.2 cm³/mol. The third-order valence-electron chi connectivity index (χ3n) is 1.85. The molecule has 1 unspecified atom stereocenters. The number of ether oxygens (including phenoxy) is 1. The highest BCUT2D eigenvalue weighted by molar-refractivity contribution is 7.83. The van der Waals surface area contributed by atoms with Crippen LogP contribution in [0.25, 0.3) is 0 Å². The Hall–Kier alpha value is -1.71. The summed E-state index contributed by atoms with van der Waals surface area (Å²) in [7, 11) is -1.48. The van der Waals surface area contributed by atoms with Crippen LogP contribution in [-0.2, 0) is 20.5 Å². The van der Waals surface area contributed by atoms with E-state index in [4.69, 9.17) is 5.26 Å². The Morgan fingerprint density at radius 2 is 2.12 bits per heavy atom. The second-order valence-corrected chi connectivity index (χ2v) is 4.33. The molecule has 1 N–H and O–H groups in total. The molecule has 0 radical (unpaired) electrons. The number of hydrogen-bond donors (Lipinski definition) is 1. The molecule has 0 heterocycles. The Morgan fingerprint density at radius 1 is 1.47 bits per heavy atom. The summed E-state index contributed by atoms with van der Waals surface area (Å²) in [5.41, 5.74) is 0.496. The number of nitrogens with one attached hydrogen (secondary N) is 1. The van der Waals surface area contributed by atoms with Crippen LogP contribution in [0.5, 0.6) is 0 Å². The zero-order valence-corrected chi connectivity index (χ0v) is 10.1. The minimum absolute atomic E-state index is 0.111. The highest BCUT2D eigenvalue weighted by Crippen LogP contribution is 2.06. The van der Waals surface area contributed by atoms with Gasteiger partial charge in [0, 0.05) is 0 Å². The van der Waals surface area contributed by atoms with Gasteiger partial charge in [0.2, 0.25) is 0 Å². The highest BCUT2D eigenvalue weighted by atomic mass is 32.2. The van der Waals surface area contributed by atoms with Crippen molar-refractivity contribution in [2.24, 2.45) is 0 Å². The average Bonchev–Trinajstić information content (AvgIpc) is 2.36. The maximum atomic E-state index is 11.7. The normalized spacial score (nSPS) is 11.5. The minimum atomic E-state index is -1.48. The van der Waals surface area contributed by atoms with Crippen LogP contribution in [0.15, 0.2) is 29.2 Å². The molecular weight excluding hydrogens is 240 g/mol.